The van der Waals surface area contributed by atoms with E-state index in [-0.39, 0.29) is 0 Å². The molecular weight excluding hydrogens is 319 g/mol. The average molecular weight is 338 g/mol. The molecular formula is C17H19BN4O3. The van der Waals surface area contributed by atoms with Gasteiger partial charge in [-0.3, -0.25) is 0 Å². The molecule has 1 aliphatic rings. The Morgan fingerprint density at radius 1 is 1.08 bits per heavy atom. The van der Waals surface area contributed by atoms with Crippen LogP contribution in [0.2, 0.25) is 0 Å². The molecule has 1 fully saturated rings. The van der Waals surface area contributed by atoms with Gasteiger partial charge in [0.05, 0.1) is 16.8 Å². The Balaban J connectivity index is 1.75. The minimum absolute atomic E-state index is 0.326. The van der Waals surface area contributed by atoms with Crippen molar-refractivity contribution < 1.29 is 13.7 Å². The van der Waals surface area contributed by atoms with E-state index in [0.717, 1.165) is 5.46 Å². The van der Waals surface area contributed by atoms with Crippen molar-refractivity contribution in [2.24, 2.45) is 0 Å². The maximum Gasteiger partial charge on any atom is 0.496 e. The topological polar surface area (TPSA) is 96.3 Å². The number of hydrogen-bond acceptors (Lipinski definition) is 7. The molecule has 128 valence electrons. The summed E-state index contributed by atoms with van der Waals surface area (Å²) in [7, 11) is -0.528. The molecule has 1 aliphatic heterocycles. The van der Waals surface area contributed by atoms with Crippen molar-refractivity contribution in [3.8, 4) is 11.5 Å². The second-order valence-corrected chi connectivity index (χ2v) is 7.14. The smallest absolute Gasteiger partial charge is 0.418 e. The highest BCUT2D eigenvalue weighted by Gasteiger charge is 2.51. The summed E-state index contributed by atoms with van der Waals surface area (Å²) in [5, 5.41) is 0. The van der Waals surface area contributed by atoms with E-state index in [1.54, 1.807) is 18.5 Å². The molecule has 8 heteroatoms. The van der Waals surface area contributed by atoms with Crippen molar-refractivity contribution in [3.63, 3.8) is 0 Å². The molecule has 0 spiro atoms. The number of fused-ring (bicyclic) bond motifs is 1. The number of rotatable bonds is 2. The fourth-order valence-electron chi connectivity index (χ4n) is 2.66. The maximum absolute atomic E-state index is 6.07. The van der Waals surface area contributed by atoms with E-state index in [0.29, 0.717) is 28.5 Å². The quantitative estimate of drug-likeness (QED) is 0.715. The van der Waals surface area contributed by atoms with Crippen molar-refractivity contribution >= 4 is 29.6 Å². The van der Waals surface area contributed by atoms with Gasteiger partial charge in [-0.1, -0.05) is 0 Å². The summed E-state index contributed by atoms with van der Waals surface area (Å²) in [6.45, 7) is 8.02. The SMILES string of the molecule is CC1(C)OB(c2cnc(N)c(-c3nc4cccnc4o3)c2)OC1(C)C. The van der Waals surface area contributed by atoms with Crippen molar-refractivity contribution in [1.82, 2.24) is 15.0 Å². The number of nitrogens with two attached hydrogens (primary N) is 1. The molecule has 4 rings (SSSR count). The lowest BCUT2D eigenvalue weighted by atomic mass is 9.79. The van der Waals surface area contributed by atoms with E-state index in [1.165, 1.54) is 0 Å². The Labute approximate surface area is 145 Å². The van der Waals surface area contributed by atoms with Gasteiger partial charge >= 0.3 is 7.12 Å². The number of aromatic nitrogens is 3. The maximum atomic E-state index is 6.07. The molecule has 0 aliphatic carbocycles. The number of oxazole rings is 1. The fourth-order valence-corrected chi connectivity index (χ4v) is 2.66. The van der Waals surface area contributed by atoms with Gasteiger partial charge in [0.1, 0.15) is 11.3 Å². The average Bonchev–Trinajstić information content (AvgIpc) is 3.06. The molecule has 0 aromatic carbocycles. The van der Waals surface area contributed by atoms with Gasteiger partial charge in [-0.05, 0) is 45.9 Å². The predicted octanol–water partition coefficient (Wildman–Crippen LogP) is 2.17. The standard InChI is InChI=1S/C17H19BN4O3/c1-16(2)17(3,4)25-18(24-16)10-8-11(13(19)21-9-10)14-22-12-6-5-7-20-15(12)23-14/h5-9H,1-4H3,(H2,19,21). The Morgan fingerprint density at radius 2 is 1.80 bits per heavy atom. The van der Waals surface area contributed by atoms with Crippen LogP contribution in [-0.2, 0) is 9.31 Å². The molecule has 3 aromatic heterocycles. The summed E-state index contributed by atoms with van der Waals surface area (Å²) in [6, 6.07) is 5.48. The predicted molar refractivity (Wildman–Crippen MR) is 95.2 cm³/mol. The van der Waals surface area contributed by atoms with Crippen LogP contribution in [0.5, 0.6) is 0 Å². The molecule has 3 aromatic rings. The van der Waals surface area contributed by atoms with E-state index in [9.17, 15) is 0 Å². The molecule has 25 heavy (non-hydrogen) atoms. The van der Waals surface area contributed by atoms with Crippen LogP contribution in [0, 0.1) is 0 Å². The summed E-state index contributed by atoms with van der Waals surface area (Å²) in [5.41, 5.74) is 7.65. The van der Waals surface area contributed by atoms with Crippen LogP contribution >= 0.6 is 0 Å². The summed E-state index contributed by atoms with van der Waals surface area (Å²) < 4.78 is 17.9. The molecule has 0 unspecified atom stereocenters. The first-order valence-electron chi connectivity index (χ1n) is 8.10. The number of anilines is 1. The van der Waals surface area contributed by atoms with Gasteiger partial charge in [0.2, 0.25) is 11.6 Å². The molecule has 0 atom stereocenters. The number of hydrogen-bond donors (Lipinski definition) is 1. The second kappa shape index (κ2) is 5.27. The first kappa shape index (κ1) is 16.0. The van der Waals surface area contributed by atoms with Crippen LogP contribution < -0.4 is 11.2 Å². The van der Waals surface area contributed by atoms with Crippen LogP contribution in [0.1, 0.15) is 27.7 Å². The highest BCUT2D eigenvalue weighted by atomic mass is 16.7. The van der Waals surface area contributed by atoms with Crippen molar-refractivity contribution in [3.05, 3.63) is 30.6 Å². The van der Waals surface area contributed by atoms with Crippen molar-refractivity contribution in [1.29, 1.82) is 0 Å². The zero-order valence-corrected chi connectivity index (χ0v) is 14.6. The van der Waals surface area contributed by atoms with Gasteiger partial charge in [-0.15, -0.1) is 0 Å². The monoisotopic (exact) mass is 338 g/mol. The highest BCUT2D eigenvalue weighted by Crippen LogP contribution is 2.37. The molecule has 1 saturated heterocycles. The Bertz CT molecular complexity index is 905. The Hall–Kier alpha value is -2.45. The molecule has 7 nitrogen and oxygen atoms in total. The van der Waals surface area contributed by atoms with Gasteiger partial charge in [0, 0.05) is 17.9 Å². The van der Waals surface area contributed by atoms with Crippen LogP contribution in [-0.4, -0.2) is 33.3 Å². The van der Waals surface area contributed by atoms with Gasteiger partial charge in [-0.25, -0.2) is 15.0 Å². The summed E-state index contributed by atoms with van der Waals surface area (Å²) >= 11 is 0. The summed E-state index contributed by atoms with van der Waals surface area (Å²) in [5.74, 6) is 0.698. The summed E-state index contributed by atoms with van der Waals surface area (Å²) in [6.07, 6.45) is 3.31. The van der Waals surface area contributed by atoms with Gasteiger partial charge in [0.15, 0.2) is 0 Å². The first-order valence-corrected chi connectivity index (χ1v) is 8.10. The minimum Gasteiger partial charge on any atom is -0.418 e. The van der Waals surface area contributed by atoms with Crippen LogP contribution in [0.3, 0.4) is 0 Å². The van der Waals surface area contributed by atoms with Gasteiger partial charge in [-0.2, -0.15) is 0 Å². The van der Waals surface area contributed by atoms with Crippen molar-refractivity contribution in [2.75, 3.05) is 5.73 Å². The van der Waals surface area contributed by atoms with Crippen LogP contribution in [0.15, 0.2) is 35.0 Å². The number of pyridine rings is 2. The fraction of sp³-hybridized carbons (Fsp3) is 0.353. The molecule has 2 N–H and O–H groups in total. The molecule has 4 heterocycles. The number of nitrogens with zero attached hydrogens (tertiary/aromatic N) is 3. The van der Waals surface area contributed by atoms with E-state index in [2.05, 4.69) is 15.0 Å². The zero-order valence-electron chi connectivity index (χ0n) is 14.6. The van der Waals surface area contributed by atoms with Gasteiger partial charge < -0.3 is 19.5 Å². The van der Waals surface area contributed by atoms with Crippen LogP contribution in [0.25, 0.3) is 22.7 Å². The van der Waals surface area contributed by atoms with Crippen molar-refractivity contribution in [2.45, 2.75) is 38.9 Å². The third kappa shape index (κ3) is 2.58. The van der Waals surface area contributed by atoms with E-state index in [1.807, 2.05) is 39.8 Å². The third-order valence-electron chi connectivity index (χ3n) is 4.86. The Morgan fingerprint density at radius 3 is 2.48 bits per heavy atom. The molecule has 0 saturated carbocycles. The molecule has 0 amide bonds. The van der Waals surface area contributed by atoms with Gasteiger partial charge in [0.25, 0.3) is 0 Å². The van der Waals surface area contributed by atoms with E-state index >= 15 is 0 Å². The molecule has 0 radical (unpaired) electrons. The second-order valence-electron chi connectivity index (χ2n) is 7.14. The lowest BCUT2D eigenvalue weighted by molar-refractivity contribution is 0.00578. The first-order chi connectivity index (χ1) is 11.8. The highest BCUT2D eigenvalue weighted by molar-refractivity contribution is 6.62. The lowest BCUT2D eigenvalue weighted by Gasteiger charge is -2.32. The largest absolute Gasteiger partial charge is 0.496 e. The lowest BCUT2D eigenvalue weighted by Crippen LogP contribution is -2.41. The van der Waals surface area contributed by atoms with E-state index < -0.39 is 18.3 Å². The summed E-state index contributed by atoms with van der Waals surface area (Å²) in [4.78, 5) is 12.9. The zero-order chi connectivity index (χ0) is 17.8. The Kier molecular flexibility index (Phi) is 3.39. The normalized spacial score (nSPS) is 18.8. The number of nitrogen functional groups attached to an aromatic ring is 1. The minimum atomic E-state index is -0.528. The molecule has 0 bridgehead atoms. The third-order valence-corrected chi connectivity index (χ3v) is 4.86. The van der Waals surface area contributed by atoms with E-state index in [4.69, 9.17) is 19.5 Å². The van der Waals surface area contributed by atoms with Crippen LogP contribution in [0.4, 0.5) is 5.82 Å².